The lowest BCUT2D eigenvalue weighted by Crippen LogP contribution is -2.39. The molecule has 1 aliphatic heterocycles. The number of aryl methyl sites for hydroxylation is 1. The number of carbonyl (C=O) groups is 2. The van der Waals surface area contributed by atoms with Crippen molar-refractivity contribution in [1.29, 1.82) is 0 Å². The van der Waals surface area contributed by atoms with Gasteiger partial charge in [0.2, 0.25) is 0 Å². The highest BCUT2D eigenvalue weighted by Gasteiger charge is 2.30. The maximum atomic E-state index is 12.7. The molecule has 2 aromatic rings. The van der Waals surface area contributed by atoms with Crippen LogP contribution in [-0.2, 0) is 22.3 Å². The van der Waals surface area contributed by atoms with Crippen LogP contribution in [0, 0.1) is 6.92 Å². The number of benzene rings is 2. The summed E-state index contributed by atoms with van der Waals surface area (Å²) in [6.07, 6.45) is -3.66. The molecule has 6 nitrogen and oxygen atoms in total. The minimum absolute atomic E-state index is 0.0716. The van der Waals surface area contributed by atoms with E-state index < -0.39 is 23.9 Å². The quantitative estimate of drug-likeness (QED) is 0.519. The van der Waals surface area contributed by atoms with Gasteiger partial charge in [0.05, 0.1) is 12.2 Å². The molecule has 9 heteroatoms. The number of rotatable bonds is 5. The van der Waals surface area contributed by atoms with Crippen molar-refractivity contribution in [1.82, 2.24) is 4.90 Å². The van der Waals surface area contributed by atoms with Crippen LogP contribution in [-0.4, -0.2) is 43.8 Å². The first-order valence-corrected chi connectivity index (χ1v) is 11.2. The van der Waals surface area contributed by atoms with Gasteiger partial charge in [0.1, 0.15) is 6.61 Å². The highest BCUT2D eigenvalue weighted by molar-refractivity contribution is 5.88. The average molecular weight is 479 g/mol. The van der Waals surface area contributed by atoms with Crippen molar-refractivity contribution in [2.24, 2.45) is 0 Å². The number of hydrogen-bond donors (Lipinski definition) is 0. The van der Waals surface area contributed by atoms with E-state index in [4.69, 9.17) is 9.47 Å². The standard InChI is InChI=1S/C25H29F3N2O4/c1-4-33-23(31)29(3)22-14-19(10-7-17(22)2)20-6-5-13-30(15-20)24(32)34-16-18-8-11-21(12-9-18)25(26,27)28/h7-12,14,20H,4-6,13,15-16H2,1-3H3. The molecule has 3 rings (SSSR count). The fourth-order valence-electron chi connectivity index (χ4n) is 4.00. The normalized spacial score (nSPS) is 16.2. The monoisotopic (exact) mass is 478 g/mol. The predicted molar refractivity (Wildman–Crippen MR) is 122 cm³/mol. The Hall–Kier alpha value is -3.23. The second-order valence-corrected chi connectivity index (χ2v) is 8.34. The zero-order valence-corrected chi connectivity index (χ0v) is 19.5. The van der Waals surface area contributed by atoms with Gasteiger partial charge in [-0.05, 0) is 61.6 Å². The predicted octanol–water partition coefficient (Wildman–Crippen LogP) is 6.12. The molecule has 2 amide bonds. The number of halogens is 3. The van der Waals surface area contributed by atoms with Gasteiger partial charge in [-0.25, -0.2) is 9.59 Å². The maximum Gasteiger partial charge on any atom is 0.416 e. The van der Waals surface area contributed by atoms with Crippen molar-refractivity contribution >= 4 is 17.9 Å². The fraction of sp³-hybridized carbons (Fsp3) is 0.440. The first kappa shape index (κ1) is 25.4. The summed E-state index contributed by atoms with van der Waals surface area (Å²) in [5.74, 6) is 0.0716. The molecular weight excluding hydrogens is 449 g/mol. The first-order chi connectivity index (χ1) is 16.1. The number of hydrogen-bond acceptors (Lipinski definition) is 4. The lowest BCUT2D eigenvalue weighted by atomic mass is 9.89. The molecule has 34 heavy (non-hydrogen) atoms. The lowest BCUT2D eigenvalue weighted by molar-refractivity contribution is -0.137. The van der Waals surface area contributed by atoms with Gasteiger partial charge >= 0.3 is 18.4 Å². The van der Waals surface area contributed by atoms with Crippen LogP contribution in [0.2, 0.25) is 0 Å². The Kier molecular flexibility index (Phi) is 8.06. The van der Waals surface area contributed by atoms with Gasteiger partial charge < -0.3 is 14.4 Å². The molecular formula is C25H29F3N2O4. The maximum absolute atomic E-state index is 12.7. The molecule has 2 aromatic carbocycles. The largest absolute Gasteiger partial charge is 0.449 e. The van der Waals surface area contributed by atoms with E-state index in [0.29, 0.717) is 18.7 Å². The Balaban J connectivity index is 1.63. The van der Waals surface area contributed by atoms with E-state index in [0.717, 1.165) is 41.8 Å². The molecule has 1 saturated heterocycles. The summed E-state index contributed by atoms with van der Waals surface area (Å²) in [6.45, 7) is 4.86. The number of nitrogens with zero attached hydrogens (tertiary/aromatic N) is 2. The Morgan fingerprint density at radius 3 is 2.47 bits per heavy atom. The number of ether oxygens (including phenoxy) is 2. The fourth-order valence-corrected chi connectivity index (χ4v) is 4.00. The van der Waals surface area contributed by atoms with E-state index in [1.165, 1.54) is 17.0 Å². The Labute approximate surface area is 197 Å². The van der Waals surface area contributed by atoms with Crippen molar-refractivity contribution < 1.29 is 32.2 Å². The van der Waals surface area contributed by atoms with Crippen LogP contribution in [0.4, 0.5) is 28.4 Å². The Morgan fingerprint density at radius 1 is 1.12 bits per heavy atom. The third kappa shape index (κ3) is 6.21. The number of likely N-dealkylation sites (tertiary alicyclic amines) is 1. The van der Waals surface area contributed by atoms with Gasteiger partial charge in [0, 0.05) is 31.7 Å². The summed E-state index contributed by atoms with van der Waals surface area (Å²) in [5, 5.41) is 0. The summed E-state index contributed by atoms with van der Waals surface area (Å²) in [5.41, 5.74) is 2.44. The van der Waals surface area contributed by atoms with E-state index in [1.807, 2.05) is 25.1 Å². The molecule has 1 heterocycles. The average Bonchev–Trinajstić information content (AvgIpc) is 2.82. The highest BCUT2D eigenvalue weighted by Crippen LogP contribution is 2.32. The van der Waals surface area contributed by atoms with Gasteiger partial charge in [-0.3, -0.25) is 4.90 Å². The van der Waals surface area contributed by atoms with E-state index in [2.05, 4.69) is 0 Å². The first-order valence-electron chi connectivity index (χ1n) is 11.2. The van der Waals surface area contributed by atoms with E-state index >= 15 is 0 Å². The molecule has 1 unspecified atom stereocenters. The van der Waals surface area contributed by atoms with Crippen LogP contribution in [0.25, 0.3) is 0 Å². The van der Waals surface area contributed by atoms with Crippen molar-refractivity contribution in [2.75, 3.05) is 31.6 Å². The number of anilines is 1. The van der Waals surface area contributed by atoms with Crippen molar-refractivity contribution in [2.45, 2.75) is 45.4 Å². The molecule has 1 atom stereocenters. The van der Waals surface area contributed by atoms with Crippen molar-refractivity contribution in [3.05, 3.63) is 64.7 Å². The zero-order valence-electron chi connectivity index (χ0n) is 19.5. The SMILES string of the molecule is CCOC(=O)N(C)c1cc(C2CCCN(C(=O)OCc3ccc(C(F)(F)F)cc3)C2)ccc1C. The van der Waals surface area contributed by atoms with Crippen LogP contribution in [0.15, 0.2) is 42.5 Å². The molecule has 1 aliphatic rings. The van der Waals surface area contributed by atoms with Gasteiger partial charge in [-0.2, -0.15) is 13.2 Å². The van der Waals surface area contributed by atoms with Gasteiger partial charge in [-0.15, -0.1) is 0 Å². The minimum Gasteiger partial charge on any atom is -0.449 e. The molecule has 0 radical (unpaired) electrons. The molecule has 0 saturated carbocycles. The Bertz CT molecular complexity index is 1010. The Morgan fingerprint density at radius 2 is 1.82 bits per heavy atom. The molecule has 0 aliphatic carbocycles. The summed E-state index contributed by atoms with van der Waals surface area (Å²) in [6, 6.07) is 10.5. The third-order valence-electron chi connectivity index (χ3n) is 5.93. The number of piperidine rings is 1. The number of carbonyl (C=O) groups excluding carboxylic acids is 2. The molecule has 184 valence electrons. The van der Waals surface area contributed by atoms with Crippen LogP contribution in [0.3, 0.4) is 0 Å². The smallest absolute Gasteiger partial charge is 0.416 e. The van der Waals surface area contributed by atoms with Crippen LogP contribution >= 0.6 is 0 Å². The summed E-state index contributed by atoms with van der Waals surface area (Å²) in [7, 11) is 1.66. The van der Waals surface area contributed by atoms with Crippen LogP contribution in [0.5, 0.6) is 0 Å². The van der Waals surface area contributed by atoms with E-state index in [9.17, 15) is 22.8 Å². The summed E-state index contributed by atoms with van der Waals surface area (Å²) < 4.78 is 48.6. The number of amides is 2. The lowest BCUT2D eigenvalue weighted by Gasteiger charge is -2.33. The molecule has 0 bridgehead atoms. The number of alkyl halides is 3. The summed E-state index contributed by atoms with van der Waals surface area (Å²) in [4.78, 5) is 27.9. The van der Waals surface area contributed by atoms with Crippen molar-refractivity contribution in [3.8, 4) is 0 Å². The van der Waals surface area contributed by atoms with Crippen molar-refractivity contribution in [3.63, 3.8) is 0 Å². The minimum atomic E-state index is -4.40. The summed E-state index contributed by atoms with van der Waals surface area (Å²) >= 11 is 0. The second-order valence-electron chi connectivity index (χ2n) is 8.34. The van der Waals surface area contributed by atoms with Gasteiger partial charge in [0.25, 0.3) is 0 Å². The highest BCUT2D eigenvalue weighted by atomic mass is 19.4. The second kappa shape index (κ2) is 10.8. The van der Waals surface area contributed by atoms with E-state index in [-0.39, 0.29) is 19.1 Å². The van der Waals surface area contributed by atoms with Crippen LogP contribution in [0.1, 0.15) is 47.9 Å². The molecule has 0 spiro atoms. The molecule has 0 N–H and O–H groups in total. The zero-order chi connectivity index (χ0) is 24.9. The van der Waals surface area contributed by atoms with E-state index in [1.54, 1.807) is 18.9 Å². The van der Waals surface area contributed by atoms with Gasteiger partial charge in [-0.1, -0.05) is 24.3 Å². The third-order valence-corrected chi connectivity index (χ3v) is 5.93. The van der Waals surface area contributed by atoms with Crippen LogP contribution < -0.4 is 4.90 Å². The topological polar surface area (TPSA) is 59.1 Å². The molecule has 1 fully saturated rings. The molecule has 0 aromatic heterocycles. The van der Waals surface area contributed by atoms with Gasteiger partial charge in [0.15, 0.2) is 0 Å².